The van der Waals surface area contributed by atoms with Gasteiger partial charge in [-0.3, -0.25) is 9.89 Å². The van der Waals surface area contributed by atoms with E-state index in [0.717, 1.165) is 36.2 Å². The van der Waals surface area contributed by atoms with Gasteiger partial charge in [0.1, 0.15) is 5.60 Å². The summed E-state index contributed by atoms with van der Waals surface area (Å²) < 4.78 is 5.36. The smallest absolute Gasteiger partial charge is 0.254 e. The van der Waals surface area contributed by atoms with Crippen LogP contribution in [0.4, 0.5) is 0 Å². The van der Waals surface area contributed by atoms with E-state index in [1.165, 1.54) is 0 Å². The predicted molar refractivity (Wildman–Crippen MR) is 93.7 cm³/mol. The molecule has 0 unspecified atom stereocenters. The number of carbonyl (C=O) groups is 1. The highest BCUT2D eigenvalue weighted by Crippen LogP contribution is 2.33. The van der Waals surface area contributed by atoms with Crippen molar-refractivity contribution in [1.82, 2.24) is 15.1 Å². The van der Waals surface area contributed by atoms with Gasteiger partial charge < -0.3 is 9.64 Å². The minimum atomic E-state index is -0.780. The lowest BCUT2D eigenvalue weighted by Crippen LogP contribution is -2.49. The van der Waals surface area contributed by atoms with Crippen molar-refractivity contribution in [2.45, 2.75) is 38.2 Å². The van der Waals surface area contributed by atoms with Crippen LogP contribution in [-0.2, 0) is 9.53 Å². The minimum absolute atomic E-state index is 0.0514. The summed E-state index contributed by atoms with van der Waals surface area (Å²) in [6.07, 6.45) is 3.92. The van der Waals surface area contributed by atoms with Gasteiger partial charge >= 0.3 is 0 Å². The second kappa shape index (κ2) is 6.77. The van der Waals surface area contributed by atoms with Gasteiger partial charge in [-0.1, -0.05) is 30.3 Å². The molecule has 1 aromatic carbocycles. The quantitative estimate of drug-likeness (QED) is 0.938. The fourth-order valence-electron chi connectivity index (χ4n) is 3.32. The molecule has 128 valence electrons. The molecule has 0 saturated carbocycles. The second-order valence-electron chi connectivity index (χ2n) is 6.87. The molecular weight excluding hydrogens is 302 g/mol. The average molecular weight is 327 g/mol. The number of aromatic amines is 1. The molecule has 0 aliphatic carbocycles. The van der Waals surface area contributed by atoms with Crippen molar-refractivity contribution in [3.8, 4) is 11.1 Å². The van der Waals surface area contributed by atoms with Gasteiger partial charge in [-0.05, 0) is 32.3 Å². The molecule has 1 amide bonds. The monoisotopic (exact) mass is 327 g/mol. The van der Waals surface area contributed by atoms with E-state index in [0.29, 0.717) is 6.54 Å². The van der Waals surface area contributed by atoms with E-state index in [4.69, 9.17) is 4.74 Å². The Hall–Kier alpha value is -2.14. The Balaban J connectivity index is 1.82. The Bertz CT molecular complexity index is 694. The molecule has 0 spiro atoms. The molecule has 1 aromatic heterocycles. The number of rotatable bonds is 4. The van der Waals surface area contributed by atoms with Crippen molar-refractivity contribution in [1.29, 1.82) is 0 Å². The molecule has 24 heavy (non-hydrogen) atoms. The maximum atomic E-state index is 12.7. The number of aromatic nitrogens is 2. The third-order valence-electron chi connectivity index (χ3n) is 4.90. The van der Waals surface area contributed by atoms with E-state index in [9.17, 15) is 4.79 Å². The van der Waals surface area contributed by atoms with Gasteiger partial charge in [0.2, 0.25) is 0 Å². The first-order valence-electron chi connectivity index (χ1n) is 8.46. The molecule has 5 heteroatoms. The lowest BCUT2D eigenvalue weighted by molar-refractivity contribution is -0.152. The fourth-order valence-corrected chi connectivity index (χ4v) is 3.32. The number of ether oxygens (including phenoxy) is 1. The molecule has 1 aliphatic heterocycles. The Morgan fingerprint density at radius 3 is 2.79 bits per heavy atom. The maximum Gasteiger partial charge on any atom is 0.254 e. The van der Waals surface area contributed by atoms with Crippen LogP contribution in [-0.4, -0.2) is 46.8 Å². The first-order chi connectivity index (χ1) is 11.5. The molecule has 2 heterocycles. The van der Waals surface area contributed by atoms with Crippen LogP contribution < -0.4 is 0 Å². The average Bonchev–Trinajstić information content (AvgIpc) is 3.11. The summed E-state index contributed by atoms with van der Waals surface area (Å²) >= 11 is 0. The van der Waals surface area contributed by atoms with Crippen LogP contribution >= 0.6 is 0 Å². The number of nitrogens with one attached hydrogen (secondary N) is 1. The first kappa shape index (κ1) is 16.7. The number of benzene rings is 1. The van der Waals surface area contributed by atoms with Crippen molar-refractivity contribution in [3.63, 3.8) is 0 Å². The third kappa shape index (κ3) is 3.22. The predicted octanol–water partition coefficient (Wildman–Crippen LogP) is 3.21. The lowest BCUT2D eigenvalue weighted by atomic mass is 9.90. The summed E-state index contributed by atoms with van der Waals surface area (Å²) in [7, 11) is 1.59. The molecule has 1 atom stereocenters. The molecule has 3 rings (SSSR count). The number of amides is 1. The molecule has 5 nitrogen and oxygen atoms in total. The molecule has 1 N–H and O–H groups in total. The van der Waals surface area contributed by atoms with Crippen molar-refractivity contribution in [2.24, 2.45) is 0 Å². The summed E-state index contributed by atoms with van der Waals surface area (Å²) in [5, 5.41) is 7.42. The molecule has 2 aromatic rings. The summed E-state index contributed by atoms with van der Waals surface area (Å²) in [6.45, 7) is 5.14. The summed E-state index contributed by atoms with van der Waals surface area (Å²) in [4.78, 5) is 14.6. The zero-order valence-corrected chi connectivity index (χ0v) is 14.6. The zero-order valence-electron chi connectivity index (χ0n) is 14.6. The zero-order chi connectivity index (χ0) is 17.2. The minimum Gasteiger partial charge on any atom is -0.369 e. The van der Waals surface area contributed by atoms with Gasteiger partial charge in [0, 0.05) is 37.4 Å². The van der Waals surface area contributed by atoms with E-state index >= 15 is 0 Å². The largest absolute Gasteiger partial charge is 0.369 e. The summed E-state index contributed by atoms with van der Waals surface area (Å²) in [5.41, 5.74) is 2.62. The van der Waals surface area contributed by atoms with E-state index < -0.39 is 5.60 Å². The highest BCUT2D eigenvalue weighted by Gasteiger charge is 2.35. The molecule has 1 saturated heterocycles. The van der Waals surface area contributed by atoms with Gasteiger partial charge in [0.05, 0.1) is 6.20 Å². The number of carbonyl (C=O) groups excluding carboxylic acids is 1. The maximum absolute atomic E-state index is 12.7. The Morgan fingerprint density at radius 2 is 2.08 bits per heavy atom. The van der Waals surface area contributed by atoms with Crippen LogP contribution in [0.5, 0.6) is 0 Å². The van der Waals surface area contributed by atoms with Crippen LogP contribution in [0.3, 0.4) is 0 Å². The standard InChI is InChI=1S/C19H25N3O2/c1-19(2,24-3)18(23)22-11-7-10-15(13-22)17-16(12-20-21-17)14-8-5-4-6-9-14/h4-6,8-9,12,15H,7,10-11,13H2,1-3H3,(H,20,21)/t15-/m1/s1. The molecule has 1 fully saturated rings. The van der Waals surface area contributed by atoms with Gasteiger partial charge in [0.25, 0.3) is 5.91 Å². The van der Waals surface area contributed by atoms with Gasteiger partial charge in [-0.15, -0.1) is 0 Å². The fraction of sp³-hybridized carbons (Fsp3) is 0.474. The molecule has 0 radical (unpaired) electrons. The molecular formula is C19H25N3O2. The van der Waals surface area contributed by atoms with Crippen LogP contribution in [0.25, 0.3) is 11.1 Å². The highest BCUT2D eigenvalue weighted by molar-refractivity contribution is 5.84. The van der Waals surface area contributed by atoms with Crippen LogP contribution in [0, 0.1) is 0 Å². The number of nitrogens with zero attached hydrogens (tertiary/aromatic N) is 2. The van der Waals surface area contributed by atoms with Crippen molar-refractivity contribution < 1.29 is 9.53 Å². The SMILES string of the molecule is COC(C)(C)C(=O)N1CCC[C@@H](c2[nH]ncc2-c2ccccc2)C1. The topological polar surface area (TPSA) is 58.2 Å². The van der Waals surface area contributed by atoms with Gasteiger partial charge in [0.15, 0.2) is 0 Å². The van der Waals surface area contributed by atoms with Crippen LogP contribution in [0.1, 0.15) is 38.3 Å². The number of hydrogen-bond donors (Lipinski definition) is 1. The summed E-state index contributed by atoms with van der Waals surface area (Å²) in [6, 6.07) is 10.3. The number of piperidine rings is 1. The van der Waals surface area contributed by atoms with Crippen molar-refractivity contribution >= 4 is 5.91 Å². The van der Waals surface area contributed by atoms with Gasteiger partial charge in [-0.25, -0.2) is 0 Å². The molecule has 0 bridgehead atoms. The Morgan fingerprint density at radius 1 is 1.33 bits per heavy atom. The Kier molecular flexibility index (Phi) is 4.71. The van der Waals surface area contributed by atoms with Crippen molar-refractivity contribution in [3.05, 3.63) is 42.2 Å². The van der Waals surface area contributed by atoms with Crippen LogP contribution in [0.15, 0.2) is 36.5 Å². The third-order valence-corrected chi connectivity index (χ3v) is 4.90. The van der Waals surface area contributed by atoms with Gasteiger partial charge in [-0.2, -0.15) is 5.10 Å². The summed E-state index contributed by atoms with van der Waals surface area (Å²) in [5.74, 6) is 0.323. The number of hydrogen-bond acceptors (Lipinski definition) is 3. The number of H-pyrrole nitrogens is 1. The first-order valence-corrected chi connectivity index (χ1v) is 8.46. The number of methoxy groups -OCH3 is 1. The molecule has 1 aliphatic rings. The van der Waals surface area contributed by atoms with E-state index in [1.54, 1.807) is 7.11 Å². The van der Waals surface area contributed by atoms with Crippen molar-refractivity contribution in [2.75, 3.05) is 20.2 Å². The van der Waals surface area contributed by atoms with E-state index in [2.05, 4.69) is 22.3 Å². The second-order valence-corrected chi connectivity index (χ2v) is 6.87. The highest BCUT2D eigenvalue weighted by atomic mass is 16.5. The van der Waals surface area contributed by atoms with Crippen LogP contribution in [0.2, 0.25) is 0 Å². The lowest BCUT2D eigenvalue weighted by Gasteiger charge is -2.37. The normalized spacial score (nSPS) is 18.6. The van der Waals surface area contributed by atoms with E-state index in [-0.39, 0.29) is 11.8 Å². The van der Waals surface area contributed by atoms with E-state index in [1.807, 2.05) is 43.1 Å². The number of likely N-dealkylation sites (tertiary alicyclic amines) is 1. The Labute approximate surface area is 143 Å².